The van der Waals surface area contributed by atoms with Gasteiger partial charge in [-0.25, -0.2) is 12.7 Å². The second kappa shape index (κ2) is 5.88. The zero-order valence-corrected chi connectivity index (χ0v) is 12.3. The molecule has 2 rings (SSSR count). The normalized spacial score (nSPS) is 18.1. The van der Waals surface area contributed by atoms with Crippen LogP contribution in [0.25, 0.3) is 0 Å². The van der Waals surface area contributed by atoms with Crippen LogP contribution < -0.4 is 5.32 Å². The third-order valence-electron chi connectivity index (χ3n) is 3.28. The Morgan fingerprint density at radius 1 is 1.40 bits per heavy atom. The lowest BCUT2D eigenvalue weighted by molar-refractivity contribution is -0.126. The maximum absolute atomic E-state index is 12.0. The molecule has 2 heterocycles. The van der Waals surface area contributed by atoms with Crippen molar-refractivity contribution in [1.29, 1.82) is 0 Å². The van der Waals surface area contributed by atoms with Gasteiger partial charge in [0.05, 0.1) is 12.8 Å². The standard InChI is InChI=1S/C11H18N4O4S/c1-8-13-14-10(19-8)7-12-11(16)9-3-5-15(6-4-9)20(2,17)18/h9H,3-7H2,1-2H3,(H,12,16). The minimum absolute atomic E-state index is 0.103. The zero-order chi connectivity index (χ0) is 14.8. The van der Waals surface area contributed by atoms with Crippen molar-refractivity contribution in [1.82, 2.24) is 19.8 Å². The number of amides is 1. The smallest absolute Gasteiger partial charge is 0.235 e. The topological polar surface area (TPSA) is 105 Å². The third kappa shape index (κ3) is 3.76. The van der Waals surface area contributed by atoms with Gasteiger partial charge in [-0.2, -0.15) is 0 Å². The molecular weight excluding hydrogens is 284 g/mol. The van der Waals surface area contributed by atoms with Gasteiger partial charge in [0.2, 0.25) is 27.7 Å². The SMILES string of the molecule is Cc1nnc(CNC(=O)C2CCN(S(C)(=O)=O)CC2)o1. The first-order chi connectivity index (χ1) is 9.36. The van der Waals surface area contributed by atoms with Crippen LogP contribution in [0.5, 0.6) is 0 Å². The molecule has 0 radical (unpaired) electrons. The number of hydrogen-bond donors (Lipinski definition) is 1. The molecule has 0 bridgehead atoms. The lowest BCUT2D eigenvalue weighted by Crippen LogP contribution is -2.42. The molecule has 9 heteroatoms. The minimum Gasteiger partial charge on any atom is -0.424 e. The molecule has 20 heavy (non-hydrogen) atoms. The van der Waals surface area contributed by atoms with Crippen molar-refractivity contribution >= 4 is 15.9 Å². The number of aryl methyl sites for hydroxylation is 1. The monoisotopic (exact) mass is 302 g/mol. The fraction of sp³-hybridized carbons (Fsp3) is 0.727. The average molecular weight is 302 g/mol. The average Bonchev–Trinajstić information content (AvgIpc) is 2.81. The van der Waals surface area contributed by atoms with Crippen molar-refractivity contribution in [2.45, 2.75) is 26.3 Å². The first kappa shape index (κ1) is 14.9. The van der Waals surface area contributed by atoms with Crippen LogP contribution in [0.15, 0.2) is 4.42 Å². The molecule has 1 N–H and O–H groups in total. The van der Waals surface area contributed by atoms with E-state index in [1.807, 2.05) is 0 Å². The Labute approximate surface area is 117 Å². The summed E-state index contributed by atoms with van der Waals surface area (Å²) in [6.45, 7) is 2.65. The van der Waals surface area contributed by atoms with Gasteiger partial charge in [0.25, 0.3) is 0 Å². The highest BCUT2D eigenvalue weighted by molar-refractivity contribution is 7.88. The van der Waals surface area contributed by atoms with Crippen molar-refractivity contribution < 1.29 is 17.6 Å². The zero-order valence-electron chi connectivity index (χ0n) is 11.5. The summed E-state index contributed by atoms with van der Waals surface area (Å²) in [4.78, 5) is 12.0. The van der Waals surface area contributed by atoms with Crippen LogP contribution in [0.4, 0.5) is 0 Å². The van der Waals surface area contributed by atoms with Gasteiger partial charge in [-0.05, 0) is 12.8 Å². The van der Waals surface area contributed by atoms with Crippen LogP contribution >= 0.6 is 0 Å². The molecule has 1 amide bonds. The number of piperidine rings is 1. The van der Waals surface area contributed by atoms with Gasteiger partial charge in [0.15, 0.2) is 0 Å². The van der Waals surface area contributed by atoms with E-state index in [0.717, 1.165) is 0 Å². The van der Waals surface area contributed by atoms with Crippen molar-refractivity contribution in [2.75, 3.05) is 19.3 Å². The van der Waals surface area contributed by atoms with Gasteiger partial charge in [-0.15, -0.1) is 10.2 Å². The molecule has 112 valence electrons. The molecule has 0 saturated carbocycles. The van der Waals surface area contributed by atoms with Crippen LogP contribution in [0, 0.1) is 12.8 Å². The number of carbonyl (C=O) groups is 1. The number of nitrogens with one attached hydrogen (secondary N) is 1. The predicted octanol–water partition coefficient (Wildman–Crippen LogP) is -0.334. The van der Waals surface area contributed by atoms with Crippen LogP contribution in [0.3, 0.4) is 0 Å². The van der Waals surface area contributed by atoms with Crippen molar-refractivity contribution in [3.05, 3.63) is 11.8 Å². The molecule has 1 fully saturated rings. The molecule has 0 unspecified atom stereocenters. The van der Waals surface area contributed by atoms with E-state index in [4.69, 9.17) is 4.42 Å². The second-order valence-corrected chi connectivity index (χ2v) is 6.85. The molecule has 1 aliphatic heterocycles. The quantitative estimate of drug-likeness (QED) is 0.816. The first-order valence-corrected chi connectivity index (χ1v) is 8.23. The number of aromatic nitrogens is 2. The highest BCUT2D eigenvalue weighted by atomic mass is 32.2. The number of sulfonamides is 1. The van der Waals surface area contributed by atoms with Crippen molar-refractivity contribution in [3.8, 4) is 0 Å². The summed E-state index contributed by atoms with van der Waals surface area (Å²) >= 11 is 0. The molecule has 0 aromatic carbocycles. The Balaban J connectivity index is 1.80. The maximum atomic E-state index is 12.0. The van der Waals surface area contributed by atoms with E-state index in [2.05, 4.69) is 15.5 Å². The predicted molar refractivity (Wildman–Crippen MR) is 70.0 cm³/mol. The number of nitrogens with zero attached hydrogens (tertiary/aromatic N) is 3. The van der Waals surface area contributed by atoms with E-state index < -0.39 is 10.0 Å². The van der Waals surface area contributed by atoms with E-state index in [1.54, 1.807) is 6.92 Å². The van der Waals surface area contributed by atoms with E-state index >= 15 is 0 Å². The fourth-order valence-electron chi connectivity index (χ4n) is 2.17. The van der Waals surface area contributed by atoms with Gasteiger partial charge >= 0.3 is 0 Å². The second-order valence-electron chi connectivity index (χ2n) is 4.87. The van der Waals surface area contributed by atoms with Crippen LogP contribution in [0.2, 0.25) is 0 Å². The number of carbonyl (C=O) groups excluding carboxylic acids is 1. The lowest BCUT2D eigenvalue weighted by atomic mass is 9.97. The van der Waals surface area contributed by atoms with Gasteiger partial charge in [0.1, 0.15) is 0 Å². The molecule has 1 aliphatic rings. The van der Waals surface area contributed by atoms with Crippen LogP contribution in [0.1, 0.15) is 24.6 Å². The van der Waals surface area contributed by atoms with Crippen molar-refractivity contribution in [3.63, 3.8) is 0 Å². The van der Waals surface area contributed by atoms with Crippen molar-refractivity contribution in [2.24, 2.45) is 5.92 Å². The molecule has 1 saturated heterocycles. The largest absolute Gasteiger partial charge is 0.424 e. The van der Waals surface area contributed by atoms with Gasteiger partial charge < -0.3 is 9.73 Å². The summed E-state index contributed by atoms with van der Waals surface area (Å²) in [6, 6.07) is 0. The van der Waals surface area contributed by atoms with Gasteiger partial charge in [-0.3, -0.25) is 4.79 Å². The lowest BCUT2D eigenvalue weighted by Gasteiger charge is -2.29. The summed E-state index contributed by atoms with van der Waals surface area (Å²) in [5.74, 6) is 0.547. The Hall–Kier alpha value is -1.48. The Morgan fingerprint density at radius 3 is 2.55 bits per heavy atom. The van der Waals surface area contributed by atoms with E-state index in [1.165, 1.54) is 10.6 Å². The molecular formula is C11H18N4O4S. The number of rotatable bonds is 4. The molecule has 1 aromatic rings. The van der Waals surface area contributed by atoms with Crippen LogP contribution in [-0.4, -0.2) is 48.2 Å². The summed E-state index contributed by atoms with van der Waals surface area (Å²) in [7, 11) is -3.16. The highest BCUT2D eigenvalue weighted by Crippen LogP contribution is 2.19. The van der Waals surface area contributed by atoms with Gasteiger partial charge in [-0.1, -0.05) is 0 Å². The third-order valence-corrected chi connectivity index (χ3v) is 4.58. The van der Waals surface area contributed by atoms with Gasteiger partial charge in [0, 0.05) is 25.9 Å². The van der Waals surface area contributed by atoms with Crippen LogP contribution in [-0.2, 0) is 21.4 Å². The highest BCUT2D eigenvalue weighted by Gasteiger charge is 2.28. The Bertz CT molecular complexity index is 575. The molecule has 0 spiro atoms. The number of hydrogen-bond acceptors (Lipinski definition) is 6. The summed E-state index contributed by atoms with van der Waals surface area (Å²) < 4.78 is 29.3. The maximum Gasteiger partial charge on any atom is 0.235 e. The minimum atomic E-state index is -3.16. The Kier molecular flexibility index (Phi) is 4.39. The summed E-state index contributed by atoms with van der Waals surface area (Å²) in [5.41, 5.74) is 0. The molecule has 1 aromatic heterocycles. The Morgan fingerprint density at radius 2 is 2.05 bits per heavy atom. The first-order valence-electron chi connectivity index (χ1n) is 6.38. The molecule has 0 atom stereocenters. The van der Waals surface area contributed by atoms with E-state index in [9.17, 15) is 13.2 Å². The molecule has 8 nitrogen and oxygen atoms in total. The van der Waals surface area contributed by atoms with E-state index in [-0.39, 0.29) is 18.4 Å². The molecule has 0 aliphatic carbocycles. The van der Waals surface area contributed by atoms with E-state index in [0.29, 0.717) is 37.7 Å². The summed E-state index contributed by atoms with van der Waals surface area (Å²) in [6.07, 6.45) is 2.24. The fourth-order valence-corrected chi connectivity index (χ4v) is 3.04. The summed E-state index contributed by atoms with van der Waals surface area (Å²) in [5, 5.41) is 10.2.